The Kier molecular flexibility index (Phi) is 5.44. The van der Waals surface area contributed by atoms with E-state index >= 15 is 0 Å². The fourth-order valence-corrected chi connectivity index (χ4v) is 5.02. The number of fused-ring (bicyclic) bond motifs is 1. The number of hydrogen-bond donors (Lipinski definition) is 2. The van der Waals surface area contributed by atoms with E-state index < -0.39 is 15.8 Å². The molecule has 0 atom stereocenters. The van der Waals surface area contributed by atoms with E-state index in [0.717, 1.165) is 0 Å². The lowest BCUT2D eigenvalue weighted by Crippen LogP contribution is -2.41. The molecular weight excluding hydrogens is 413 g/mol. The molecule has 30 heavy (non-hydrogen) atoms. The molecule has 0 aromatic heterocycles. The lowest BCUT2D eigenvalue weighted by Gasteiger charge is -2.30. The molecule has 1 fully saturated rings. The number of hydrogen-bond acceptors (Lipinski definition) is 5. The number of ether oxygens (including phenoxy) is 1. The van der Waals surface area contributed by atoms with Crippen molar-refractivity contribution in [2.75, 3.05) is 30.3 Å². The molecule has 0 bridgehead atoms. The van der Waals surface area contributed by atoms with Crippen LogP contribution in [0.3, 0.4) is 0 Å². The van der Waals surface area contributed by atoms with Gasteiger partial charge in [-0.25, -0.2) is 12.8 Å². The number of amides is 2. The van der Waals surface area contributed by atoms with Gasteiger partial charge in [-0.2, -0.15) is 4.31 Å². The van der Waals surface area contributed by atoms with Gasteiger partial charge in [0.1, 0.15) is 11.6 Å². The Bertz CT molecular complexity index is 1100. The van der Waals surface area contributed by atoms with Crippen LogP contribution in [0, 0.1) is 11.7 Å². The van der Waals surface area contributed by atoms with Crippen molar-refractivity contribution in [3.8, 4) is 5.75 Å². The highest BCUT2D eigenvalue weighted by atomic mass is 32.2. The van der Waals surface area contributed by atoms with Gasteiger partial charge in [-0.3, -0.25) is 9.59 Å². The lowest BCUT2D eigenvalue weighted by atomic mass is 9.97. The van der Waals surface area contributed by atoms with Crippen LogP contribution in [0.4, 0.5) is 15.8 Å². The molecular formula is C20H20FN3O5S. The lowest BCUT2D eigenvalue weighted by molar-refractivity contribution is -0.121. The molecule has 0 unspecified atom stereocenters. The number of nitrogens with one attached hydrogen (secondary N) is 2. The van der Waals surface area contributed by atoms with Gasteiger partial charge >= 0.3 is 0 Å². The number of sulfonamides is 1. The van der Waals surface area contributed by atoms with Crippen molar-refractivity contribution in [1.29, 1.82) is 0 Å². The van der Waals surface area contributed by atoms with Crippen LogP contribution in [0.25, 0.3) is 0 Å². The molecule has 0 radical (unpaired) electrons. The van der Waals surface area contributed by atoms with Gasteiger partial charge in [0, 0.05) is 30.8 Å². The minimum Gasteiger partial charge on any atom is -0.482 e. The maximum atomic E-state index is 13.3. The van der Waals surface area contributed by atoms with E-state index in [9.17, 15) is 22.4 Å². The van der Waals surface area contributed by atoms with E-state index in [1.165, 1.54) is 40.7 Å². The van der Waals surface area contributed by atoms with Gasteiger partial charge in [0.25, 0.3) is 5.91 Å². The van der Waals surface area contributed by atoms with Crippen LogP contribution in [-0.2, 0) is 19.6 Å². The number of nitrogens with zero attached hydrogens (tertiary/aromatic N) is 1. The highest BCUT2D eigenvalue weighted by Crippen LogP contribution is 2.32. The highest BCUT2D eigenvalue weighted by Gasteiger charge is 2.33. The SMILES string of the molecule is O=C1COc2cc(S(=O)(=O)N3CCC(C(=O)Nc4cccc(F)c4)CC3)ccc2N1. The predicted octanol–water partition coefficient (Wildman–Crippen LogP) is 2.20. The molecule has 2 heterocycles. The smallest absolute Gasteiger partial charge is 0.262 e. The van der Waals surface area contributed by atoms with Gasteiger partial charge < -0.3 is 15.4 Å². The van der Waals surface area contributed by atoms with E-state index in [1.54, 1.807) is 6.07 Å². The van der Waals surface area contributed by atoms with Gasteiger partial charge in [-0.1, -0.05) is 6.07 Å². The van der Waals surface area contributed by atoms with Crippen molar-refractivity contribution >= 4 is 33.2 Å². The Hall–Kier alpha value is -2.98. The third-order valence-electron chi connectivity index (χ3n) is 5.14. The largest absolute Gasteiger partial charge is 0.482 e. The first-order valence-corrected chi connectivity index (χ1v) is 10.9. The minimum atomic E-state index is -3.76. The average molecular weight is 433 g/mol. The van der Waals surface area contributed by atoms with Crippen LogP contribution in [-0.4, -0.2) is 44.2 Å². The fraction of sp³-hybridized carbons (Fsp3) is 0.300. The molecule has 2 N–H and O–H groups in total. The molecule has 2 aromatic carbocycles. The summed E-state index contributed by atoms with van der Waals surface area (Å²) in [7, 11) is -3.76. The average Bonchev–Trinajstić information content (AvgIpc) is 2.73. The zero-order valence-electron chi connectivity index (χ0n) is 15.9. The molecule has 158 valence electrons. The Morgan fingerprint density at radius 2 is 1.93 bits per heavy atom. The Balaban J connectivity index is 1.41. The monoisotopic (exact) mass is 433 g/mol. The zero-order chi connectivity index (χ0) is 21.3. The van der Waals surface area contributed by atoms with Crippen molar-refractivity contribution in [2.24, 2.45) is 5.92 Å². The predicted molar refractivity (Wildman–Crippen MR) is 107 cm³/mol. The fourth-order valence-electron chi connectivity index (χ4n) is 3.53. The summed E-state index contributed by atoms with van der Waals surface area (Å²) in [5.41, 5.74) is 0.800. The summed E-state index contributed by atoms with van der Waals surface area (Å²) in [5, 5.41) is 5.30. The Morgan fingerprint density at radius 1 is 1.17 bits per heavy atom. The minimum absolute atomic E-state index is 0.0695. The quantitative estimate of drug-likeness (QED) is 0.769. The van der Waals surface area contributed by atoms with Crippen molar-refractivity contribution < 1.29 is 27.1 Å². The van der Waals surface area contributed by atoms with Crippen molar-refractivity contribution in [3.05, 3.63) is 48.3 Å². The topological polar surface area (TPSA) is 105 Å². The number of anilines is 2. The molecule has 0 spiro atoms. The first-order valence-electron chi connectivity index (χ1n) is 9.46. The highest BCUT2D eigenvalue weighted by molar-refractivity contribution is 7.89. The molecule has 2 aliphatic rings. The van der Waals surface area contributed by atoms with E-state index in [4.69, 9.17) is 4.74 Å². The molecule has 2 amide bonds. The van der Waals surface area contributed by atoms with Crippen molar-refractivity contribution in [2.45, 2.75) is 17.7 Å². The summed E-state index contributed by atoms with van der Waals surface area (Å²) in [4.78, 5) is 23.9. The zero-order valence-corrected chi connectivity index (χ0v) is 16.7. The van der Waals surface area contributed by atoms with Gasteiger partial charge in [0.05, 0.1) is 10.6 Å². The standard InChI is InChI=1S/C20H20FN3O5S/c21-14-2-1-3-15(10-14)22-20(26)13-6-8-24(9-7-13)30(27,28)16-4-5-17-18(11-16)29-12-19(25)23-17/h1-5,10-11,13H,6-9,12H2,(H,22,26)(H,23,25). The summed E-state index contributed by atoms with van der Waals surface area (Å²) >= 11 is 0. The molecule has 2 aliphatic heterocycles. The van der Waals surface area contributed by atoms with E-state index in [1.807, 2.05) is 0 Å². The third kappa shape index (κ3) is 4.14. The molecule has 1 saturated heterocycles. The van der Waals surface area contributed by atoms with E-state index in [2.05, 4.69) is 10.6 Å². The molecule has 0 aliphatic carbocycles. The van der Waals surface area contributed by atoms with Crippen LogP contribution in [0.2, 0.25) is 0 Å². The Labute approximate surface area is 173 Å². The number of carbonyl (C=O) groups is 2. The van der Waals surface area contributed by atoms with Gasteiger partial charge in [-0.05, 0) is 43.2 Å². The van der Waals surface area contributed by atoms with E-state index in [-0.39, 0.29) is 42.3 Å². The van der Waals surface area contributed by atoms with Gasteiger partial charge in [0.15, 0.2) is 6.61 Å². The number of piperidine rings is 1. The number of benzene rings is 2. The molecule has 2 aromatic rings. The third-order valence-corrected chi connectivity index (χ3v) is 7.04. The molecule has 10 heteroatoms. The molecule has 0 saturated carbocycles. The number of carbonyl (C=O) groups excluding carboxylic acids is 2. The van der Waals surface area contributed by atoms with E-state index in [0.29, 0.717) is 30.0 Å². The van der Waals surface area contributed by atoms with Crippen LogP contribution in [0.5, 0.6) is 5.75 Å². The second kappa shape index (κ2) is 8.04. The maximum absolute atomic E-state index is 13.3. The van der Waals surface area contributed by atoms with Gasteiger partial charge in [-0.15, -0.1) is 0 Å². The van der Waals surface area contributed by atoms with Crippen LogP contribution < -0.4 is 15.4 Å². The first-order chi connectivity index (χ1) is 14.3. The normalized spacial score (nSPS) is 17.6. The molecule has 4 rings (SSSR count). The number of halogens is 1. The second-order valence-corrected chi connectivity index (χ2v) is 9.11. The van der Waals surface area contributed by atoms with Crippen LogP contribution in [0.15, 0.2) is 47.4 Å². The summed E-state index contributed by atoms with van der Waals surface area (Å²) in [6, 6.07) is 9.95. The van der Waals surface area contributed by atoms with Crippen molar-refractivity contribution in [1.82, 2.24) is 4.31 Å². The summed E-state index contributed by atoms with van der Waals surface area (Å²) < 4.78 is 45.9. The van der Waals surface area contributed by atoms with Crippen molar-refractivity contribution in [3.63, 3.8) is 0 Å². The van der Waals surface area contributed by atoms with Gasteiger partial charge in [0.2, 0.25) is 15.9 Å². The summed E-state index contributed by atoms with van der Waals surface area (Å²) in [5.74, 6) is -1.04. The number of rotatable bonds is 4. The second-order valence-electron chi connectivity index (χ2n) is 7.17. The summed E-state index contributed by atoms with van der Waals surface area (Å²) in [6.45, 7) is 0.221. The van der Waals surface area contributed by atoms with Crippen LogP contribution in [0.1, 0.15) is 12.8 Å². The van der Waals surface area contributed by atoms with Crippen LogP contribution >= 0.6 is 0 Å². The molecule has 8 nitrogen and oxygen atoms in total. The summed E-state index contributed by atoms with van der Waals surface area (Å²) in [6.07, 6.45) is 0.718. The Morgan fingerprint density at radius 3 is 2.67 bits per heavy atom. The first kappa shape index (κ1) is 20.3. The maximum Gasteiger partial charge on any atom is 0.262 e.